The first-order valence-electron chi connectivity index (χ1n) is 4.55. The first kappa shape index (κ1) is 10.1. The third kappa shape index (κ3) is 3.07. The summed E-state index contributed by atoms with van der Waals surface area (Å²) in [6.45, 7) is 5.11. The second kappa shape index (κ2) is 4.28. The number of anilines is 1. The lowest BCUT2D eigenvalue weighted by molar-refractivity contribution is 0.440. The maximum Gasteiger partial charge on any atom is 0.0673 e. The van der Waals surface area contributed by atoms with Crippen molar-refractivity contribution in [3.05, 3.63) is 29.3 Å². The number of nitrogens with zero attached hydrogens (tertiary/aromatic N) is 1. The van der Waals surface area contributed by atoms with E-state index in [9.17, 15) is 0 Å². The smallest absolute Gasteiger partial charge is 0.0673 e. The van der Waals surface area contributed by atoms with E-state index in [4.69, 9.17) is 0 Å². The van der Waals surface area contributed by atoms with Crippen LogP contribution >= 0.6 is 0 Å². The molecule has 1 N–H and O–H groups in total. The van der Waals surface area contributed by atoms with Crippen LogP contribution in [0.3, 0.4) is 0 Å². The van der Waals surface area contributed by atoms with E-state index in [1.165, 1.54) is 16.8 Å². The summed E-state index contributed by atoms with van der Waals surface area (Å²) in [5.41, 5.74) is 3.83. The molecule has 0 fully saturated rings. The highest BCUT2D eigenvalue weighted by molar-refractivity contribution is 5.52. The van der Waals surface area contributed by atoms with Gasteiger partial charge in [-0.3, -0.25) is 4.90 Å². The van der Waals surface area contributed by atoms with Gasteiger partial charge in [0.25, 0.3) is 0 Å². The third-order valence-corrected chi connectivity index (χ3v) is 1.98. The van der Waals surface area contributed by atoms with Crippen molar-refractivity contribution in [2.45, 2.75) is 13.8 Å². The number of hydrogen-bond acceptors (Lipinski definition) is 2. The van der Waals surface area contributed by atoms with Gasteiger partial charge in [0.05, 0.1) is 6.67 Å². The standard InChI is InChI=1S/C11H18N2/c1-9-5-6-10(2)11(7-9)12-8-13(3)4/h5-7,12H,8H2,1-4H3. The molecule has 0 aromatic heterocycles. The summed E-state index contributed by atoms with van der Waals surface area (Å²) >= 11 is 0. The van der Waals surface area contributed by atoms with Crippen LogP contribution in [0, 0.1) is 13.8 Å². The minimum atomic E-state index is 0.879. The predicted octanol–water partition coefficient (Wildman–Crippen LogP) is 2.23. The monoisotopic (exact) mass is 178 g/mol. The van der Waals surface area contributed by atoms with Crippen LogP contribution in [0.5, 0.6) is 0 Å². The van der Waals surface area contributed by atoms with Gasteiger partial charge in [-0.1, -0.05) is 12.1 Å². The molecule has 0 amide bonds. The molecule has 0 aliphatic rings. The summed E-state index contributed by atoms with van der Waals surface area (Å²) in [4.78, 5) is 2.11. The zero-order valence-electron chi connectivity index (χ0n) is 8.89. The molecule has 0 spiro atoms. The first-order chi connectivity index (χ1) is 6.09. The van der Waals surface area contributed by atoms with E-state index in [-0.39, 0.29) is 0 Å². The number of benzene rings is 1. The Bertz CT molecular complexity index is 279. The second-order valence-electron chi connectivity index (χ2n) is 3.73. The van der Waals surface area contributed by atoms with E-state index in [2.05, 4.69) is 56.4 Å². The van der Waals surface area contributed by atoms with E-state index in [1.807, 2.05) is 0 Å². The Kier molecular flexibility index (Phi) is 3.32. The average molecular weight is 178 g/mol. The van der Waals surface area contributed by atoms with Crippen molar-refractivity contribution < 1.29 is 0 Å². The molecule has 13 heavy (non-hydrogen) atoms. The van der Waals surface area contributed by atoms with Gasteiger partial charge in [0.1, 0.15) is 0 Å². The van der Waals surface area contributed by atoms with Gasteiger partial charge in [-0.2, -0.15) is 0 Å². The van der Waals surface area contributed by atoms with E-state index < -0.39 is 0 Å². The highest BCUT2D eigenvalue weighted by Gasteiger charge is 1.97. The number of aryl methyl sites for hydroxylation is 2. The fourth-order valence-corrected chi connectivity index (χ4v) is 1.17. The molecular weight excluding hydrogens is 160 g/mol. The molecule has 2 heteroatoms. The molecule has 2 nitrogen and oxygen atoms in total. The average Bonchev–Trinajstić information content (AvgIpc) is 2.06. The molecule has 0 heterocycles. The van der Waals surface area contributed by atoms with Crippen molar-refractivity contribution in [1.82, 2.24) is 4.90 Å². The van der Waals surface area contributed by atoms with E-state index in [0.29, 0.717) is 0 Å². The summed E-state index contributed by atoms with van der Waals surface area (Å²) in [6, 6.07) is 6.46. The second-order valence-corrected chi connectivity index (χ2v) is 3.73. The third-order valence-electron chi connectivity index (χ3n) is 1.98. The van der Waals surface area contributed by atoms with E-state index in [1.54, 1.807) is 0 Å². The Labute approximate surface area is 80.6 Å². The van der Waals surface area contributed by atoms with Crippen LogP contribution in [-0.2, 0) is 0 Å². The lowest BCUT2D eigenvalue weighted by Gasteiger charge is -2.14. The molecule has 0 aliphatic carbocycles. The van der Waals surface area contributed by atoms with Crippen molar-refractivity contribution in [1.29, 1.82) is 0 Å². The van der Waals surface area contributed by atoms with E-state index >= 15 is 0 Å². The van der Waals surface area contributed by atoms with Crippen LogP contribution in [0.2, 0.25) is 0 Å². The molecule has 0 saturated carbocycles. The molecule has 0 unspecified atom stereocenters. The minimum absolute atomic E-state index is 0.879. The summed E-state index contributed by atoms with van der Waals surface area (Å²) in [6.07, 6.45) is 0. The minimum Gasteiger partial charge on any atom is -0.372 e. The van der Waals surface area contributed by atoms with Gasteiger partial charge in [-0.05, 0) is 45.1 Å². The Morgan fingerprint density at radius 3 is 2.54 bits per heavy atom. The fraction of sp³-hybridized carbons (Fsp3) is 0.455. The van der Waals surface area contributed by atoms with Gasteiger partial charge < -0.3 is 5.32 Å². The zero-order chi connectivity index (χ0) is 9.84. The summed E-state index contributed by atoms with van der Waals surface area (Å²) in [7, 11) is 4.11. The SMILES string of the molecule is Cc1ccc(C)c(NCN(C)C)c1. The Morgan fingerprint density at radius 1 is 1.23 bits per heavy atom. The van der Waals surface area contributed by atoms with Gasteiger partial charge in [0, 0.05) is 5.69 Å². The number of rotatable bonds is 3. The lowest BCUT2D eigenvalue weighted by Crippen LogP contribution is -2.20. The molecule has 0 bridgehead atoms. The Hall–Kier alpha value is -1.02. The molecule has 1 aromatic rings. The maximum atomic E-state index is 3.38. The van der Waals surface area contributed by atoms with Gasteiger partial charge in [-0.25, -0.2) is 0 Å². The highest BCUT2D eigenvalue weighted by atomic mass is 15.2. The van der Waals surface area contributed by atoms with Crippen LogP contribution in [-0.4, -0.2) is 25.7 Å². The first-order valence-corrected chi connectivity index (χ1v) is 4.55. The molecule has 1 aromatic carbocycles. The van der Waals surface area contributed by atoms with Gasteiger partial charge in [0.15, 0.2) is 0 Å². The van der Waals surface area contributed by atoms with Gasteiger partial charge in [0.2, 0.25) is 0 Å². The van der Waals surface area contributed by atoms with Crippen LogP contribution in [0.4, 0.5) is 5.69 Å². The molecule has 0 saturated heterocycles. The molecule has 72 valence electrons. The molecule has 0 aliphatic heterocycles. The van der Waals surface area contributed by atoms with Crippen molar-refractivity contribution in [3.63, 3.8) is 0 Å². The van der Waals surface area contributed by atoms with Crippen molar-refractivity contribution in [3.8, 4) is 0 Å². The van der Waals surface area contributed by atoms with Gasteiger partial charge in [-0.15, -0.1) is 0 Å². The largest absolute Gasteiger partial charge is 0.372 e. The van der Waals surface area contributed by atoms with Crippen molar-refractivity contribution >= 4 is 5.69 Å². The molecular formula is C11H18N2. The molecule has 0 atom stereocenters. The number of nitrogens with one attached hydrogen (secondary N) is 1. The Morgan fingerprint density at radius 2 is 1.92 bits per heavy atom. The Balaban J connectivity index is 2.70. The molecule has 0 radical (unpaired) electrons. The quantitative estimate of drug-likeness (QED) is 0.714. The maximum absolute atomic E-state index is 3.38. The summed E-state index contributed by atoms with van der Waals surface area (Å²) < 4.78 is 0. The van der Waals surface area contributed by atoms with Crippen LogP contribution in [0.25, 0.3) is 0 Å². The summed E-state index contributed by atoms with van der Waals surface area (Å²) in [5.74, 6) is 0. The van der Waals surface area contributed by atoms with Crippen LogP contribution < -0.4 is 5.32 Å². The topological polar surface area (TPSA) is 15.3 Å². The normalized spacial score (nSPS) is 10.5. The predicted molar refractivity (Wildman–Crippen MR) is 58.1 cm³/mol. The molecule has 1 rings (SSSR count). The van der Waals surface area contributed by atoms with Crippen LogP contribution in [0.15, 0.2) is 18.2 Å². The fourth-order valence-electron chi connectivity index (χ4n) is 1.17. The zero-order valence-corrected chi connectivity index (χ0v) is 8.89. The number of hydrogen-bond donors (Lipinski definition) is 1. The lowest BCUT2D eigenvalue weighted by atomic mass is 10.1. The summed E-state index contributed by atoms with van der Waals surface area (Å²) in [5, 5.41) is 3.38. The van der Waals surface area contributed by atoms with E-state index in [0.717, 1.165) is 6.67 Å². The van der Waals surface area contributed by atoms with Crippen molar-refractivity contribution in [2.75, 3.05) is 26.1 Å². The van der Waals surface area contributed by atoms with Crippen LogP contribution in [0.1, 0.15) is 11.1 Å². The van der Waals surface area contributed by atoms with Crippen molar-refractivity contribution in [2.24, 2.45) is 0 Å². The van der Waals surface area contributed by atoms with Gasteiger partial charge >= 0.3 is 0 Å². The highest BCUT2D eigenvalue weighted by Crippen LogP contribution is 2.15.